The lowest BCUT2D eigenvalue weighted by molar-refractivity contribution is -0.122. The molecular formula is C8H7NO3S. The van der Waals surface area contributed by atoms with Gasteiger partial charge in [0.1, 0.15) is 0 Å². The third kappa shape index (κ3) is 1.31. The summed E-state index contributed by atoms with van der Waals surface area (Å²) in [6, 6.07) is 1.61. The molecule has 1 aromatic heterocycles. The summed E-state index contributed by atoms with van der Waals surface area (Å²) < 4.78 is 5.27. The molecule has 0 aliphatic carbocycles. The van der Waals surface area contributed by atoms with Crippen LogP contribution < -0.4 is 10.1 Å². The molecule has 2 rings (SSSR count). The lowest BCUT2D eigenvalue weighted by atomic mass is 10.3. The van der Waals surface area contributed by atoms with E-state index in [4.69, 9.17) is 4.74 Å². The molecule has 0 fully saturated rings. The highest BCUT2D eigenvalue weighted by Crippen LogP contribution is 2.37. The van der Waals surface area contributed by atoms with Crippen molar-refractivity contribution in [1.82, 2.24) is 0 Å². The second kappa shape index (κ2) is 2.85. The van der Waals surface area contributed by atoms with Gasteiger partial charge in [0.05, 0.1) is 10.6 Å². The maximum absolute atomic E-state index is 11.1. The van der Waals surface area contributed by atoms with E-state index in [1.807, 2.05) is 0 Å². The van der Waals surface area contributed by atoms with Gasteiger partial charge in [-0.2, -0.15) is 0 Å². The van der Waals surface area contributed by atoms with E-state index in [-0.39, 0.29) is 5.91 Å². The second-order valence-corrected chi connectivity index (χ2v) is 3.76. The third-order valence-electron chi connectivity index (χ3n) is 1.74. The lowest BCUT2D eigenvalue weighted by Gasteiger charge is -2.19. The molecule has 13 heavy (non-hydrogen) atoms. The van der Waals surface area contributed by atoms with Crippen molar-refractivity contribution < 1.29 is 14.3 Å². The Labute approximate surface area is 78.5 Å². The molecule has 1 aromatic rings. The van der Waals surface area contributed by atoms with E-state index in [1.165, 1.54) is 11.3 Å². The number of aldehydes is 1. The molecular weight excluding hydrogens is 190 g/mol. The highest BCUT2D eigenvalue weighted by molar-refractivity contribution is 7.16. The Kier molecular flexibility index (Phi) is 1.81. The quantitative estimate of drug-likeness (QED) is 0.690. The van der Waals surface area contributed by atoms with Gasteiger partial charge in [0, 0.05) is 0 Å². The average Bonchev–Trinajstić information content (AvgIpc) is 2.48. The largest absolute Gasteiger partial charge is 0.469 e. The van der Waals surface area contributed by atoms with E-state index in [9.17, 15) is 9.59 Å². The Hall–Kier alpha value is -1.36. The van der Waals surface area contributed by atoms with Gasteiger partial charge in [-0.15, -0.1) is 0 Å². The number of thiophene rings is 1. The minimum Gasteiger partial charge on any atom is -0.469 e. The normalized spacial score (nSPS) is 20.1. The number of fused-ring (bicyclic) bond motifs is 1. The Morgan fingerprint density at radius 1 is 1.69 bits per heavy atom. The van der Waals surface area contributed by atoms with E-state index in [0.717, 1.165) is 6.29 Å². The zero-order valence-corrected chi connectivity index (χ0v) is 7.68. The van der Waals surface area contributed by atoms with E-state index >= 15 is 0 Å². The minimum atomic E-state index is -0.481. The molecule has 0 saturated carbocycles. The third-order valence-corrected chi connectivity index (χ3v) is 2.70. The van der Waals surface area contributed by atoms with Crippen LogP contribution in [-0.4, -0.2) is 18.3 Å². The molecule has 1 atom stereocenters. The monoisotopic (exact) mass is 197 g/mol. The topological polar surface area (TPSA) is 55.4 Å². The second-order valence-electron chi connectivity index (χ2n) is 2.72. The van der Waals surface area contributed by atoms with Crippen LogP contribution in [0.5, 0.6) is 5.06 Å². The summed E-state index contributed by atoms with van der Waals surface area (Å²) in [5, 5.41) is 3.26. The maximum Gasteiger partial charge on any atom is 0.265 e. The first-order valence-electron chi connectivity index (χ1n) is 3.77. The van der Waals surface area contributed by atoms with Gasteiger partial charge in [0.25, 0.3) is 5.91 Å². The summed E-state index contributed by atoms with van der Waals surface area (Å²) in [4.78, 5) is 22.1. The van der Waals surface area contributed by atoms with Crippen molar-refractivity contribution in [3.8, 4) is 5.06 Å². The number of nitrogens with one attached hydrogen (secondary N) is 1. The summed E-state index contributed by atoms with van der Waals surface area (Å²) in [6.45, 7) is 1.67. The van der Waals surface area contributed by atoms with E-state index in [1.54, 1.807) is 13.0 Å². The highest BCUT2D eigenvalue weighted by Gasteiger charge is 2.25. The smallest absolute Gasteiger partial charge is 0.265 e. The Morgan fingerprint density at radius 3 is 3.15 bits per heavy atom. The highest BCUT2D eigenvalue weighted by atomic mass is 32.1. The fourth-order valence-corrected chi connectivity index (χ4v) is 1.93. The molecule has 0 saturated heterocycles. The molecule has 1 aliphatic heterocycles. The number of amides is 1. The van der Waals surface area contributed by atoms with Crippen LogP contribution in [0.4, 0.5) is 5.69 Å². The number of carbonyl (C=O) groups is 2. The van der Waals surface area contributed by atoms with Crippen LogP contribution in [0.1, 0.15) is 16.6 Å². The Bertz CT molecular complexity index is 371. The molecule has 5 heteroatoms. The fourth-order valence-electron chi connectivity index (χ4n) is 1.07. The Morgan fingerprint density at radius 2 is 2.46 bits per heavy atom. The van der Waals surface area contributed by atoms with Crippen LogP contribution in [0, 0.1) is 0 Å². The average molecular weight is 197 g/mol. The van der Waals surface area contributed by atoms with Crippen molar-refractivity contribution in [3.05, 3.63) is 10.9 Å². The molecule has 1 aliphatic rings. The van der Waals surface area contributed by atoms with Gasteiger partial charge in [-0.1, -0.05) is 11.3 Å². The number of anilines is 1. The fraction of sp³-hybridized carbons (Fsp3) is 0.250. The zero-order valence-electron chi connectivity index (χ0n) is 6.87. The minimum absolute atomic E-state index is 0.178. The van der Waals surface area contributed by atoms with Crippen LogP contribution in [0.3, 0.4) is 0 Å². The maximum atomic E-state index is 11.1. The van der Waals surface area contributed by atoms with Gasteiger partial charge >= 0.3 is 0 Å². The number of hydrogen-bond acceptors (Lipinski definition) is 4. The van der Waals surface area contributed by atoms with Gasteiger partial charge < -0.3 is 10.1 Å². The lowest BCUT2D eigenvalue weighted by Crippen LogP contribution is -2.33. The van der Waals surface area contributed by atoms with Crippen molar-refractivity contribution in [2.24, 2.45) is 0 Å². The first-order chi connectivity index (χ1) is 6.20. The van der Waals surface area contributed by atoms with Gasteiger partial charge in [0.2, 0.25) is 0 Å². The van der Waals surface area contributed by atoms with Crippen molar-refractivity contribution >= 4 is 29.2 Å². The first-order valence-corrected chi connectivity index (χ1v) is 4.59. The molecule has 2 heterocycles. The van der Waals surface area contributed by atoms with Crippen LogP contribution in [0.2, 0.25) is 0 Å². The van der Waals surface area contributed by atoms with E-state index < -0.39 is 6.10 Å². The van der Waals surface area contributed by atoms with Gasteiger partial charge in [-0.3, -0.25) is 9.59 Å². The molecule has 0 bridgehead atoms. The summed E-state index contributed by atoms with van der Waals surface area (Å²) in [6.07, 6.45) is 0.258. The molecule has 0 spiro atoms. The molecule has 0 radical (unpaired) electrons. The van der Waals surface area contributed by atoms with Crippen LogP contribution in [-0.2, 0) is 4.79 Å². The predicted molar refractivity (Wildman–Crippen MR) is 48.4 cm³/mol. The number of ether oxygens (including phenoxy) is 1. The van der Waals surface area contributed by atoms with Crippen molar-refractivity contribution in [1.29, 1.82) is 0 Å². The van der Waals surface area contributed by atoms with Crippen LogP contribution in [0.25, 0.3) is 0 Å². The Balaban J connectivity index is 2.39. The number of hydrogen-bond donors (Lipinski definition) is 1. The molecule has 0 aromatic carbocycles. The van der Waals surface area contributed by atoms with Gasteiger partial charge in [0.15, 0.2) is 17.5 Å². The van der Waals surface area contributed by atoms with E-state index in [0.29, 0.717) is 15.6 Å². The van der Waals surface area contributed by atoms with Crippen molar-refractivity contribution in [2.45, 2.75) is 13.0 Å². The molecule has 1 amide bonds. The first kappa shape index (κ1) is 8.25. The summed E-state index contributed by atoms with van der Waals surface area (Å²) in [5.41, 5.74) is 0.593. The number of rotatable bonds is 1. The molecule has 1 N–H and O–H groups in total. The molecule has 4 nitrogen and oxygen atoms in total. The van der Waals surface area contributed by atoms with Crippen LogP contribution in [0.15, 0.2) is 6.07 Å². The van der Waals surface area contributed by atoms with Crippen molar-refractivity contribution in [2.75, 3.05) is 5.32 Å². The van der Waals surface area contributed by atoms with Gasteiger partial charge in [-0.05, 0) is 13.0 Å². The predicted octanol–water partition coefficient (Wildman–Crippen LogP) is 1.28. The van der Waals surface area contributed by atoms with Crippen molar-refractivity contribution in [3.63, 3.8) is 0 Å². The zero-order chi connectivity index (χ0) is 9.42. The summed E-state index contributed by atoms with van der Waals surface area (Å²) in [7, 11) is 0. The molecule has 68 valence electrons. The molecule has 1 unspecified atom stereocenters. The summed E-state index contributed by atoms with van der Waals surface area (Å²) >= 11 is 1.24. The van der Waals surface area contributed by atoms with Crippen LogP contribution >= 0.6 is 11.3 Å². The SMILES string of the molecule is CC1Oc2sc(C=O)cc2NC1=O. The van der Waals surface area contributed by atoms with E-state index in [2.05, 4.69) is 5.32 Å². The summed E-state index contributed by atoms with van der Waals surface area (Å²) in [5.74, 6) is -0.178. The standard InChI is InChI=1S/C8H7NO3S/c1-4-7(11)9-6-2-5(3-10)13-8(6)12-4/h2-4H,1H3,(H,9,11). The number of carbonyl (C=O) groups excluding carboxylic acids is 2. The van der Waals surface area contributed by atoms with Gasteiger partial charge in [-0.25, -0.2) is 0 Å².